The summed E-state index contributed by atoms with van der Waals surface area (Å²) >= 11 is 0. The number of carbonyl (C=O) groups excluding carboxylic acids is 1. The lowest BCUT2D eigenvalue weighted by Gasteiger charge is -2.59. The van der Waals surface area contributed by atoms with Crippen molar-refractivity contribution >= 4 is 21.6 Å². The fraction of sp³-hybridized carbons (Fsp3) is 0.696. The second-order valence-electron chi connectivity index (χ2n) is 10.2. The number of carbonyl (C=O) groups is 1. The third kappa shape index (κ3) is 4.04. The Kier molecular flexibility index (Phi) is 5.75. The summed E-state index contributed by atoms with van der Waals surface area (Å²) in [5.74, 6) is 2.51. The van der Waals surface area contributed by atoms with Crippen LogP contribution in [0.1, 0.15) is 52.4 Å². The predicted octanol–water partition coefficient (Wildman–Crippen LogP) is 3.46. The van der Waals surface area contributed by atoms with Gasteiger partial charge in [0.25, 0.3) is 0 Å². The van der Waals surface area contributed by atoms with Gasteiger partial charge in [-0.05, 0) is 93.7 Å². The van der Waals surface area contributed by atoms with Crippen molar-refractivity contribution < 1.29 is 13.2 Å². The van der Waals surface area contributed by atoms with E-state index in [0.717, 1.165) is 17.8 Å². The smallest absolute Gasteiger partial charge is 0.242 e. The number of hydrogen-bond donors (Lipinski definition) is 2. The molecular weight excluding hydrogens is 398 g/mol. The number of benzene rings is 1. The molecule has 0 radical (unpaired) electrons. The first-order valence-corrected chi connectivity index (χ1v) is 12.6. The van der Waals surface area contributed by atoms with Gasteiger partial charge < -0.3 is 10.6 Å². The highest BCUT2D eigenvalue weighted by atomic mass is 32.2. The van der Waals surface area contributed by atoms with Crippen molar-refractivity contribution in [3.8, 4) is 0 Å². The first-order valence-electron chi connectivity index (χ1n) is 11.2. The molecular formula is C23H35N3O3S. The Hall–Kier alpha value is -1.44. The van der Waals surface area contributed by atoms with Gasteiger partial charge in [0.05, 0.1) is 10.9 Å². The van der Waals surface area contributed by atoms with Gasteiger partial charge >= 0.3 is 0 Å². The van der Waals surface area contributed by atoms with Crippen molar-refractivity contribution in [3.63, 3.8) is 0 Å². The molecule has 6 nitrogen and oxygen atoms in total. The normalized spacial score (nSPS) is 32.2. The molecule has 4 bridgehead atoms. The summed E-state index contributed by atoms with van der Waals surface area (Å²) in [6.07, 6.45) is 8.13. The molecule has 1 aromatic rings. The van der Waals surface area contributed by atoms with Crippen LogP contribution in [0.15, 0.2) is 29.2 Å². The van der Waals surface area contributed by atoms with Crippen LogP contribution in [0.3, 0.4) is 0 Å². The van der Waals surface area contributed by atoms with E-state index in [2.05, 4.69) is 17.6 Å². The molecule has 0 saturated heterocycles. The van der Waals surface area contributed by atoms with Gasteiger partial charge in [0, 0.05) is 25.8 Å². The third-order valence-corrected chi connectivity index (χ3v) is 9.59. The molecule has 4 saturated carbocycles. The van der Waals surface area contributed by atoms with Gasteiger partial charge in [0.2, 0.25) is 15.9 Å². The van der Waals surface area contributed by atoms with Crippen LogP contribution < -0.4 is 10.6 Å². The van der Waals surface area contributed by atoms with Gasteiger partial charge in [-0.15, -0.1) is 0 Å². The molecule has 5 rings (SSSR count). The van der Waals surface area contributed by atoms with Gasteiger partial charge in [0.15, 0.2) is 0 Å². The van der Waals surface area contributed by atoms with Gasteiger partial charge in [0.1, 0.15) is 0 Å². The molecule has 1 amide bonds. The van der Waals surface area contributed by atoms with Crippen LogP contribution in [-0.2, 0) is 14.8 Å². The molecule has 2 N–H and O–H groups in total. The average Bonchev–Trinajstić information content (AvgIpc) is 2.66. The predicted molar refractivity (Wildman–Crippen MR) is 119 cm³/mol. The van der Waals surface area contributed by atoms with E-state index in [-0.39, 0.29) is 16.8 Å². The quantitative estimate of drug-likeness (QED) is 0.690. The molecule has 0 unspecified atom stereocenters. The Balaban J connectivity index is 1.40. The number of hydrogen-bond acceptors (Lipinski definition) is 4. The van der Waals surface area contributed by atoms with E-state index in [1.807, 2.05) is 6.92 Å². The summed E-state index contributed by atoms with van der Waals surface area (Å²) < 4.78 is 25.9. The number of sulfonamides is 1. The number of rotatable bonds is 7. The molecule has 7 heteroatoms. The second-order valence-corrected chi connectivity index (χ2v) is 12.3. The average molecular weight is 434 g/mol. The Morgan fingerprint density at radius 3 is 2.17 bits per heavy atom. The van der Waals surface area contributed by atoms with Crippen LogP contribution in [0, 0.1) is 23.2 Å². The highest BCUT2D eigenvalue weighted by molar-refractivity contribution is 7.89. The minimum atomic E-state index is -3.53. The SMILES string of the molecule is C[C@H](N[C@H](C)C(=O)Nc1cccc(S(=O)(=O)N(C)C)c1)C12CC3CC(CC(C3)C1)C2. The second kappa shape index (κ2) is 7.92. The van der Waals surface area contributed by atoms with E-state index in [0.29, 0.717) is 17.1 Å². The highest BCUT2D eigenvalue weighted by Crippen LogP contribution is 2.61. The van der Waals surface area contributed by atoms with E-state index < -0.39 is 10.0 Å². The zero-order chi connectivity index (χ0) is 21.7. The van der Waals surface area contributed by atoms with Crippen LogP contribution in [0.25, 0.3) is 0 Å². The van der Waals surface area contributed by atoms with Crippen LogP contribution in [0.5, 0.6) is 0 Å². The summed E-state index contributed by atoms with van der Waals surface area (Å²) in [4.78, 5) is 13.0. The molecule has 0 aliphatic heterocycles. The Bertz CT molecular complexity index is 877. The minimum absolute atomic E-state index is 0.133. The standard InChI is InChI=1S/C23H35N3O3S/c1-15(22(27)25-20-6-5-7-21(11-20)30(28,29)26(3)4)24-16(2)23-12-17-8-18(13-23)10-19(9-17)14-23/h5-7,11,15-19,24H,8-10,12-14H2,1-4H3,(H,25,27)/t15-,16+,17?,18?,19?,23?/m1/s1. The minimum Gasteiger partial charge on any atom is -0.325 e. The maximum absolute atomic E-state index is 12.8. The zero-order valence-corrected chi connectivity index (χ0v) is 19.3. The van der Waals surface area contributed by atoms with Crippen LogP contribution in [0.4, 0.5) is 5.69 Å². The van der Waals surface area contributed by atoms with Crippen molar-refractivity contribution in [3.05, 3.63) is 24.3 Å². The van der Waals surface area contributed by atoms with Crippen molar-refractivity contribution in [2.45, 2.75) is 69.4 Å². The summed E-state index contributed by atoms with van der Waals surface area (Å²) in [7, 11) is -0.537. The summed E-state index contributed by atoms with van der Waals surface area (Å²) in [5, 5.41) is 6.47. The van der Waals surface area contributed by atoms with Crippen LogP contribution in [0.2, 0.25) is 0 Å². The molecule has 2 atom stereocenters. The van der Waals surface area contributed by atoms with Gasteiger partial charge in [-0.2, -0.15) is 0 Å². The third-order valence-electron chi connectivity index (χ3n) is 7.78. The number of anilines is 1. The maximum Gasteiger partial charge on any atom is 0.242 e. The Morgan fingerprint density at radius 2 is 1.63 bits per heavy atom. The molecule has 0 aromatic heterocycles. The molecule has 4 aliphatic rings. The van der Waals surface area contributed by atoms with Crippen molar-refractivity contribution in [2.75, 3.05) is 19.4 Å². The van der Waals surface area contributed by atoms with Gasteiger partial charge in [-0.3, -0.25) is 4.79 Å². The summed E-state index contributed by atoms with van der Waals surface area (Å²) in [6, 6.07) is 6.39. The van der Waals surface area contributed by atoms with E-state index in [1.54, 1.807) is 18.2 Å². The maximum atomic E-state index is 12.8. The van der Waals surface area contributed by atoms with Crippen molar-refractivity contribution in [2.24, 2.45) is 23.2 Å². The first kappa shape index (κ1) is 21.8. The van der Waals surface area contributed by atoms with Crippen LogP contribution in [-0.4, -0.2) is 44.8 Å². The Morgan fingerprint density at radius 1 is 1.07 bits per heavy atom. The zero-order valence-electron chi connectivity index (χ0n) is 18.5. The first-order chi connectivity index (χ1) is 14.1. The Labute approximate surface area is 180 Å². The number of nitrogens with zero attached hydrogens (tertiary/aromatic N) is 1. The van der Waals surface area contributed by atoms with Gasteiger partial charge in [-0.25, -0.2) is 12.7 Å². The van der Waals surface area contributed by atoms with E-state index in [9.17, 15) is 13.2 Å². The lowest BCUT2D eigenvalue weighted by Crippen LogP contribution is -2.57. The lowest BCUT2D eigenvalue weighted by atomic mass is 9.48. The largest absolute Gasteiger partial charge is 0.325 e. The molecule has 0 spiro atoms. The lowest BCUT2D eigenvalue weighted by molar-refractivity contribution is -0.119. The van der Waals surface area contributed by atoms with E-state index in [4.69, 9.17) is 0 Å². The summed E-state index contributed by atoms with van der Waals surface area (Å²) in [5.41, 5.74) is 0.835. The fourth-order valence-electron chi connectivity index (χ4n) is 6.53. The molecule has 166 valence electrons. The summed E-state index contributed by atoms with van der Waals surface area (Å²) in [6.45, 7) is 4.15. The highest BCUT2D eigenvalue weighted by Gasteiger charge is 2.53. The number of amides is 1. The molecule has 1 aromatic carbocycles. The van der Waals surface area contributed by atoms with Gasteiger partial charge in [-0.1, -0.05) is 6.07 Å². The van der Waals surface area contributed by atoms with Crippen molar-refractivity contribution in [1.29, 1.82) is 0 Å². The number of nitrogens with one attached hydrogen (secondary N) is 2. The van der Waals surface area contributed by atoms with Crippen molar-refractivity contribution in [1.82, 2.24) is 9.62 Å². The monoisotopic (exact) mass is 433 g/mol. The molecule has 0 heterocycles. The van der Waals surface area contributed by atoms with E-state index >= 15 is 0 Å². The topological polar surface area (TPSA) is 78.5 Å². The van der Waals surface area contributed by atoms with E-state index in [1.165, 1.54) is 63.0 Å². The molecule has 4 fully saturated rings. The molecule has 4 aliphatic carbocycles. The fourth-order valence-corrected chi connectivity index (χ4v) is 7.48. The molecule has 30 heavy (non-hydrogen) atoms. The van der Waals surface area contributed by atoms with Crippen LogP contribution >= 0.6 is 0 Å².